The zero-order chi connectivity index (χ0) is 65.7. The summed E-state index contributed by atoms with van der Waals surface area (Å²) in [7, 11) is 4.42. The number of primary amides is 1. The third-order valence-electron chi connectivity index (χ3n) is 17.1. The van der Waals surface area contributed by atoms with Crippen molar-refractivity contribution in [3.8, 4) is 0 Å². The molecule has 0 spiro atoms. The summed E-state index contributed by atoms with van der Waals surface area (Å²) < 4.78 is 24.1. The second-order valence-corrected chi connectivity index (χ2v) is 25.1. The van der Waals surface area contributed by atoms with Crippen molar-refractivity contribution in [1.29, 1.82) is 0 Å². The van der Waals surface area contributed by atoms with Gasteiger partial charge in [0.2, 0.25) is 17.7 Å². The van der Waals surface area contributed by atoms with Gasteiger partial charge in [0.15, 0.2) is 11.5 Å². The summed E-state index contributed by atoms with van der Waals surface area (Å²) in [5, 5.41) is 23.8. The number of Topliss-reactive ketones (excluding diaryl/α,β-unsaturated/α-hetero) is 2. The van der Waals surface area contributed by atoms with Gasteiger partial charge in [0.1, 0.15) is 35.7 Å². The molecule has 22 nitrogen and oxygen atoms in total. The molecule has 7 N–H and O–H groups in total. The van der Waals surface area contributed by atoms with E-state index >= 15 is 0 Å². The molecule has 4 heterocycles. The molecule has 0 saturated carbocycles. The van der Waals surface area contributed by atoms with Crippen LogP contribution in [0.4, 0.5) is 15.3 Å². The normalized spacial score (nSPS) is 23.9. The van der Waals surface area contributed by atoms with Crippen LogP contribution in [0.15, 0.2) is 78.5 Å². The zero-order valence-electron chi connectivity index (χ0n) is 52.5. The molecule has 3 aromatic rings. The number of fused-ring (bicyclic) bond motifs is 6. The number of nitrogens with zero attached hydrogens (tertiary/aromatic N) is 3. The first-order valence-corrected chi connectivity index (χ1v) is 31.6. The minimum Gasteiger partial charge on any atom is -0.457 e. The summed E-state index contributed by atoms with van der Waals surface area (Å²) in [5.74, 6) is -4.83. The molecule has 484 valence electrons. The highest BCUT2D eigenvalue weighted by Crippen LogP contribution is 2.49. The van der Waals surface area contributed by atoms with E-state index in [0.717, 1.165) is 16.7 Å². The van der Waals surface area contributed by atoms with Crippen molar-refractivity contribution in [3.63, 3.8) is 0 Å². The molecule has 0 unspecified atom stereocenters. The van der Waals surface area contributed by atoms with E-state index in [2.05, 4.69) is 48.8 Å². The van der Waals surface area contributed by atoms with Crippen LogP contribution in [-0.2, 0) is 60.6 Å². The van der Waals surface area contributed by atoms with Crippen LogP contribution in [-0.4, -0.2) is 156 Å². The Labute approximate surface area is 533 Å². The maximum atomic E-state index is 14.7. The molecular formula is C65H86BrClN8O14. The molecule has 24 heteroatoms. The highest BCUT2D eigenvalue weighted by molar-refractivity contribution is 9.09. The average molecular weight is 1320 g/mol. The Balaban J connectivity index is 1.21. The molecule has 89 heavy (non-hydrogen) atoms. The number of pyridine rings is 1. The van der Waals surface area contributed by atoms with Crippen LogP contribution < -0.4 is 31.9 Å². The molecular weight excluding hydrogens is 1230 g/mol. The summed E-state index contributed by atoms with van der Waals surface area (Å²) in [6.45, 7) is 16.6. The number of benzene rings is 2. The van der Waals surface area contributed by atoms with Crippen LogP contribution in [0.5, 0.6) is 0 Å². The lowest BCUT2D eigenvalue weighted by Crippen LogP contribution is -2.63. The minimum absolute atomic E-state index is 0.0430. The van der Waals surface area contributed by atoms with Gasteiger partial charge < -0.3 is 55.5 Å². The number of rotatable bonds is 25. The Hall–Kier alpha value is -7.05. The number of amides is 7. The molecule has 2 saturated heterocycles. The summed E-state index contributed by atoms with van der Waals surface area (Å²) >= 11 is 10.1. The number of aromatic nitrogens is 1. The van der Waals surface area contributed by atoms with Crippen molar-refractivity contribution in [2.75, 3.05) is 44.5 Å². The van der Waals surface area contributed by atoms with Crippen LogP contribution >= 0.6 is 27.5 Å². The highest BCUT2D eigenvalue weighted by Gasteiger charge is 2.64. The lowest BCUT2D eigenvalue weighted by Gasteiger charge is -2.42. The quantitative estimate of drug-likeness (QED) is 0.0157. The first-order valence-electron chi connectivity index (χ1n) is 30.1. The number of likely N-dealkylation sites (N-methyl/N-ethyl adjacent to an activating group) is 1. The van der Waals surface area contributed by atoms with E-state index in [-0.39, 0.29) is 68.2 Å². The number of aliphatic hydroxyl groups is 1. The van der Waals surface area contributed by atoms with Gasteiger partial charge in [0.25, 0.3) is 5.91 Å². The zero-order valence-corrected chi connectivity index (χ0v) is 54.8. The van der Waals surface area contributed by atoms with Gasteiger partial charge in [-0.25, -0.2) is 14.4 Å². The Morgan fingerprint density at radius 3 is 2.45 bits per heavy atom. The van der Waals surface area contributed by atoms with Gasteiger partial charge in [-0.1, -0.05) is 103 Å². The van der Waals surface area contributed by atoms with Gasteiger partial charge in [-0.05, 0) is 101 Å². The maximum absolute atomic E-state index is 14.7. The van der Waals surface area contributed by atoms with E-state index in [4.69, 9.17) is 36.3 Å². The van der Waals surface area contributed by atoms with Gasteiger partial charge in [-0.3, -0.25) is 39.1 Å². The molecule has 0 radical (unpaired) electrons. The lowest BCUT2D eigenvalue weighted by molar-refractivity contribution is -0.158. The van der Waals surface area contributed by atoms with E-state index in [1.54, 1.807) is 51.2 Å². The second kappa shape index (κ2) is 31.6. The lowest BCUT2D eigenvalue weighted by atomic mass is 9.83. The molecule has 1 aromatic heterocycles. The standard InChI is InChI=1S/C65H86BrClN8O14/c1-36(2)47(32-44(76)19-13-12-14-25-70-58(79)39(5)35-66)59(80)72-48(21-17-27-71-62(68)83)50(77)31-43-23-24-46(45-20-16-26-69-56(43)45)60(81)74(9)41(7)61(82)88-53-33-54(78)75(10)49-30-42(29-38(4)55(49)67)28-37(3)18-15-22-52(86-11)65(85)34-51(87-63(84)73-65)40(6)57-64(53,8)89-57/h15-16,18,20,22-24,26,29-30,36,40-41,47-48,51-53,57,85H,5,12-14,17,19,21,25,27-28,31-35H2,1-4,6-11H3,(H,70,79)(H,72,80)(H,73,84)(H3,68,71,83)/b22-15+,37-18+/t40-,41+,47+,48+,51+,52-,53+,57+,64+,65+/m1/s1. The largest absolute Gasteiger partial charge is 0.457 e. The molecule has 10 atom stereocenters. The van der Waals surface area contributed by atoms with Crippen LogP contribution in [0.25, 0.3) is 10.9 Å². The summed E-state index contributed by atoms with van der Waals surface area (Å²) in [5.41, 5.74) is 6.27. The van der Waals surface area contributed by atoms with Gasteiger partial charge in [-0.2, -0.15) is 0 Å². The van der Waals surface area contributed by atoms with Gasteiger partial charge >= 0.3 is 18.1 Å². The van der Waals surface area contributed by atoms with Gasteiger partial charge in [-0.15, -0.1) is 0 Å². The number of ether oxygens (including phenoxy) is 4. The number of carbonyl (C=O) groups is 9. The van der Waals surface area contributed by atoms with E-state index in [1.165, 1.54) is 43.1 Å². The number of ketones is 2. The Morgan fingerprint density at radius 2 is 1.76 bits per heavy atom. The van der Waals surface area contributed by atoms with Crippen LogP contribution in [0.1, 0.15) is 126 Å². The highest BCUT2D eigenvalue weighted by atomic mass is 79.9. The average Bonchev–Trinajstić information content (AvgIpc) is 1.79. The summed E-state index contributed by atoms with van der Waals surface area (Å²) in [6.07, 6.45) is 4.07. The smallest absolute Gasteiger partial charge is 0.409 e. The number of urea groups is 1. The van der Waals surface area contributed by atoms with E-state index < -0.39 is 108 Å². The number of unbranched alkanes of at least 4 members (excludes halogenated alkanes) is 2. The molecule has 7 amide bonds. The van der Waals surface area contributed by atoms with Crippen molar-refractivity contribution in [3.05, 3.63) is 106 Å². The molecule has 6 rings (SSSR count). The second-order valence-electron chi connectivity index (χ2n) is 24.1. The maximum Gasteiger partial charge on any atom is 0.409 e. The monoisotopic (exact) mass is 1320 g/mol. The topological polar surface area (TPSA) is 308 Å². The first-order chi connectivity index (χ1) is 42.0. The number of alkyl halides is 1. The van der Waals surface area contributed by atoms with Crippen molar-refractivity contribution >= 4 is 97.4 Å². The fraction of sp³-hybridized carbons (Fsp3) is 0.538. The van der Waals surface area contributed by atoms with E-state index in [9.17, 15) is 48.3 Å². The number of aryl methyl sites for hydroxylation is 1. The number of esters is 1. The summed E-state index contributed by atoms with van der Waals surface area (Å²) in [4.78, 5) is 129. The number of carbonyl (C=O) groups excluding carboxylic acids is 9. The number of nitrogens with one attached hydrogen (secondary N) is 4. The van der Waals surface area contributed by atoms with E-state index in [1.807, 2.05) is 45.9 Å². The minimum atomic E-state index is -1.90. The first kappa shape index (κ1) is 71.0. The Kier molecular flexibility index (Phi) is 25.2. The SMILES string of the molecule is C=C(CBr)C(=O)NCCCCCC(=O)C[C@H](C(=O)N[C@@H](CCCNC(N)=O)C(=O)Cc1ccc(C(=O)N(C)[C@@H](C)C(=O)O[C@H]2CC(=O)N(C)c3cc(cc(C)c3Cl)C/C(C)=C/C=C/[C@@H](OC)[C@@]3(O)C[C@H](OC(=O)N3)[C@@H](C)[C@@H]3O[C@@]23C)c2cccnc12)C(C)C. The molecule has 4 bridgehead atoms. The molecule has 2 fully saturated rings. The third kappa shape index (κ3) is 18.3. The number of halogens is 2. The summed E-state index contributed by atoms with van der Waals surface area (Å²) in [6, 6.07) is 7.06. The number of alkyl carbamates (subject to hydrolysis) is 1. The van der Waals surface area contributed by atoms with E-state index in [0.29, 0.717) is 70.3 Å². The van der Waals surface area contributed by atoms with Crippen LogP contribution in [0.2, 0.25) is 5.02 Å². The van der Waals surface area contributed by atoms with Gasteiger partial charge in [0, 0.05) is 99.9 Å². The Morgan fingerprint density at radius 1 is 1.04 bits per heavy atom. The fourth-order valence-electron chi connectivity index (χ4n) is 11.4. The van der Waals surface area contributed by atoms with Crippen molar-refractivity contribution in [1.82, 2.24) is 31.2 Å². The number of methoxy groups -OCH3 is 1. The van der Waals surface area contributed by atoms with Crippen LogP contribution in [0, 0.1) is 24.7 Å². The number of epoxide rings is 1. The predicted molar refractivity (Wildman–Crippen MR) is 340 cm³/mol. The number of anilines is 1. The number of hydrogen-bond donors (Lipinski definition) is 6. The molecule has 2 aromatic carbocycles. The number of nitrogens with two attached hydrogens (primary N) is 1. The van der Waals surface area contributed by atoms with Crippen molar-refractivity contribution in [2.24, 2.45) is 23.5 Å². The van der Waals surface area contributed by atoms with Crippen LogP contribution in [0.3, 0.4) is 0 Å². The predicted octanol–water partition coefficient (Wildman–Crippen LogP) is 7.58. The molecule has 0 aliphatic carbocycles. The molecule has 3 aliphatic rings. The molecule has 3 aliphatic heterocycles. The Bertz CT molecular complexity index is 3230. The third-order valence-corrected chi connectivity index (χ3v) is 18.2. The van der Waals surface area contributed by atoms with Crippen molar-refractivity contribution < 1.29 is 67.2 Å². The van der Waals surface area contributed by atoms with Crippen molar-refractivity contribution in [2.45, 2.75) is 167 Å². The number of hydrogen-bond acceptors (Lipinski definition) is 15. The fourth-order valence-corrected chi connectivity index (χ4v) is 11.9. The number of allylic oxidation sites excluding steroid dienone is 3. The van der Waals surface area contributed by atoms with Gasteiger partial charge in [0.05, 0.1) is 34.8 Å².